The van der Waals surface area contributed by atoms with Crippen molar-refractivity contribution in [1.82, 2.24) is 4.90 Å². The summed E-state index contributed by atoms with van der Waals surface area (Å²) in [6.45, 7) is 5.39. The molecule has 1 saturated carbocycles. The SMILES string of the molecule is CC1CCCN1C(=O)CC1(C)CC1. The van der Waals surface area contributed by atoms with Gasteiger partial charge in [-0.3, -0.25) is 4.79 Å². The summed E-state index contributed by atoms with van der Waals surface area (Å²) in [6, 6.07) is 0.495. The normalized spacial score (nSPS) is 30.6. The van der Waals surface area contributed by atoms with E-state index in [1.807, 2.05) is 0 Å². The van der Waals surface area contributed by atoms with Gasteiger partial charge in [0, 0.05) is 19.0 Å². The first-order valence-corrected chi connectivity index (χ1v) is 5.40. The zero-order valence-corrected chi connectivity index (χ0v) is 8.68. The van der Waals surface area contributed by atoms with Crippen LogP contribution < -0.4 is 0 Å². The smallest absolute Gasteiger partial charge is 0.223 e. The molecule has 1 aliphatic carbocycles. The zero-order chi connectivity index (χ0) is 9.47. The Labute approximate surface area is 80.3 Å². The second kappa shape index (κ2) is 3.00. The van der Waals surface area contributed by atoms with Gasteiger partial charge in [-0.25, -0.2) is 0 Å². The van der Waals surface area contributed by atoms with Gasteiger partial charge < -0.3 is 4.90 Å². The summed E-state index contributed by atoms with van der Waals surface area (Å²) in [5.41, 5.74) is 0.374. The fourth-order valence-corrected chi connectivity index (χ4v) is 2.16. The third kappa shape index (κ3) is 1.87. The predicted molar refractivity (Wildman–Crippen MR) is 52.4 cm³/mol. The number of rotatable bonds is 2. The minimum absolute atomic E-state index is 0.374. The molecule has 1 amide bonds. The molecule has 74 valence electrons. The molecule has 2 rings (SSSR count). The molecule has 1 heterocycles. The van der Waals surface area contributed by atoms with E-state index in [1.54, 1.807) is 0 Å². The Morgan fingerprint density at radius 3 is 2.69 bits per heavy atom. The number of hydrogen-bond donors (Lipinski definition) is 0. The minimum atomic E-state index is 0.374. The molecule has 2 heteroatoms. The molecule has 1 aliphatic heterocycles. The van der Waals surface area contributed by atoms with Crippen molar-refractivity contribution >= 4 is 5.91 Å². The van der Waals surface area contributed by atoms with Crippen LogP contribution in [0.1, 0.15) is 46.0 Å². The van der Waals surface area contributed by atoms with Crippen molar-refractivity contribution in [2.75, 3.05) is 6.54 Å². The van der Waals surface area contributed by atoms with Crippen LogP contribution in [0.25, 0.3) is 0 Å². The number of carbonyl (C=O) groups is 1. The molecule has 2 aliphatic rings. The monoisotopic (exact) mass is 181 g/mol. The molecule has 0 spiro atoms. The maximum Gasteiger partial charge on any atom is 0.223 e. The largest absolute Gasteiger partial charge is 0.340 e. The van der Waals surface area contributed by atoms with Crippen molar-refractivity contribution in [2.45, 2.75) is 52.0 Å². The maximum absolute atomic E-state index is 11.8. The van der Waals surface area contributed by atoms with E-state index in [0.29, 0.717) is 17.4 Å². The molecule has 13 heavy (non-hydrogen) atoms. The molecule has 2 fully saturated rings. The number of nitrogens with zero attached hydrogens (tertiary/aromatic N) is 1. The number of amides is 1. The van der Waals surface area contributed by atoms with Crippen LogP contribution in [0, 0.1) is 5.41 Å². The van der Waals surface area contributed by atoms with Gasteiger partial charge in [-0.1, -0.05) is 6.92 Å². The highest BCUT2D eigenvalue weighted by Gasteiger charge is 2.41. The van der Waals surface area contributed by atoms with Gasteiger partial charge in [-0.05, 0) is 38.0 Å². The summed E-state index contributed by atoms with van der Waals surface area (Å²) in [7, 11) is 0. The van der Waals surface area contributed by atoms with Crippen LogP contribution in [0.4, 0.5) is 0 Å². The third-order valence-corrected chi connectivity index (χ3v) is 3.55. The number of likely N-dealkylation sites (tertiary alicyclic amines) is 1. The van der Waals surface area contributed by atoms with Crippen molar-refractivity contribution in [3.8, 4) is 0 Å². The molecular weight excluding hydrogens is 162 g/mol. The Balaban J connectivity index is 1.89. The van der Waals surface area contributed by atoms with Gasteiger partial charge in [0.2, 0.25) is 5.91 Å². The van der Waals surface area contributed by atoms with Gasteiger partial charge in [-0.2, -0.15) is 0 Å². The van der Waals surface area contributed by atoms with Gasteiger partial charge in [0.1, 0.15) is 0 Å². The first-order chi connectivity index (χ1) is 6.11. The van der Waals surface area contributed by atoms with Crippen LogP contribution in [0.2, 0.25) is 0 Å². The molecule has 0 aromatic rings. The van der Waals surface area contributed by atoms with Gasteiger partial charge in [0.25, 0.3) is 0 Å². The summed E-state index contributed by atoms with van der Waals surface area (Å²) in [4.78, 5) is 13.9. The lowest BCUT2D eigenvalue weighted by Crippen LogP contribution is -2.34. The van der Waals surface area contributed by atoms with Crippen LogP contribution in [0.5, 0.6) is 0 Å². The van der Waals surface area contributed by atoms with Crippen molar-refractivity contribution in [1.29, 1.82) is 0 Å². The van der Waals surface area contributed by atoms with E-state index in [9.17, 15) is 4.79 Å². The second-order valence-corrected chi connectivity index (χ2v) is 5.07. The molecule has 0 N–H and O–H groups in total. The molecule has 0 radical (unpaired) electrons. The predicted octanol–water partition coefficient (Wildman–Crippen LogP) is 2.19. The average molecular weight is 181 g/mol. The first kappa shape index (κ1) is 9.04. The van der Waals surface area contributed by atoms with Crippen LogP contribution in [-0.2, 0) is 4.79 Å². The quantitative estimate of drug-likeness (QED) is 0.639. The van der Waals surface area contributed by atoms with E-state index in [2.05, 4.69) is 18.7 Å². The van der Waals surface area contributed by atoms with E-state index in [-0.39, 0.29) is 0 Å². The highest BCUT2D eigenvalue weighted by Crippen LogP contribution is 2.48. The third-order valence-electron chi connectivity index (χ3n) is 3.55. The Morgan fingerprint density at radius 1 is 1.54 bits per heavy atom. The molecular formula is C11H19NO. The first-order valence-electron chi connectivity index (χ1n) is 5.40. The molecule has 0 bridgehead atoms. The van der Waals surface area contributed by atoms with E-state index in [4.69, 9.17) is 0 Å². The van der Waals surface area contributed by atoms with Crippen molar-refractivity contribution in [2.24, 2.45) is 5.41 Å². The summed E-state index contributed by atoms with van der Waals surface area (Å²) in [5.74, 6) is 0.394. The van der Waals surface area contributed by atoms with Crippen LogP contribution in [-0.4, -0.2) is 23.4 Å². The van der Waals surface area contributed by atoms with Crippen LogP contribution in [0.15, 0.2) is 0 Å². The molecule has 2 nitrogen and oxygen atoms in total. The molecule has 1 unspecified atom stereocenters. The highest BCUT2D eigenvalue weighted by atomic mass is 16.2. The van der Waals surface area contributed by atoms with Crippen molar-refractivity contribution in [3.63, 3.8) is 0 Å². The van der Waals surface area contributed by atoms with Crippen LogP contribution in [0.3, 0.4) is 0 Å². The highest BCUT2D eigenvalue weighted by molar-refractivity contribution is 5.77. The maximum atomic E-state index is 11.8. The lowest BCUT2D eigenvalue weighted by Gasteiger charge is -2.23. The van der Waals surface area contributed by atoms with E-state index in [1.165, 1.54) is 25.7 Å². The fraction of sp³-hybridized carbons (Fsp3) is 0.909. The van der Waals surface area contributed by atoms with Gasteiger partial charge in [-0.15, -0.1) is 0 Å². The summed E-state index contributed by atoms with van der Waals surface area (Å²) < 4.78 is 0. The topological polar surface area (TPSA) is 20.3 Å². The standard InChI is InChI=1S/C11H19NO/c1-9-4-3-7-12(9)10(13)8-11(2)5-6-11/h9H,3-8H2,1-2H3. The molecule has 1 saturated heterocycles. The van der Waals surface area contributed by atoms with Crippen molar-refractivity contribution < 1.29 is 4.79 Å². The Hall–Kier alpha value is -0.530. The van der Waals surface area contributed by atoms with Crippen LogP contribution >= 0.6 is 0 Å². The molecule has 0 aromatic carbocycles. The molecule has 0 aromatic heterocycles. The Morgan fingerprint density at radius 2 is 2.23 bits per heavy atom. The lowest BCUT2D eigenvalue weighted by atomic mass is 10.0. The van der Waals surface area contributed by atoms with Gasteiger partial charge in [0.05, 0.1) is 0 Å². The summed E-state index contributed by atoms with van der Waals surface area (Å²) >= 11 is 0. The zero-order valence-electron chi connectivity index (χ0n) is 8.68. The summed E-state index contributed by atoms with van der Waals surface area (Å²) in [6.07, 6.45) is 5.69. The van der Waals surface area contributed by atoms with Crippen molar-refractivity contribution in [3.05, 3.63) is 0 Å². The summed E-state index contributed by atoms with van der Waals surface area (Å²) in [5, 5.41) is 0. The van der Waals surface area contributed by atoms with Gasteiger partial charge in [0.15, 0.2) is 0 Å². The Kier molecular flexibility index (Phi) is 2.09. The molecule has 1 atom stereocenters. The lowest BCUT2D eigenvalue weighted by molar-refractivity contribution is -0.132. The van der Waals surface area contributed by atoms with E-state index >= 15 is 0 Å². The fourth-order valence-electron chi connectivity index (χ4n) is 2.16. The average Bonchev–Trinajstić information content (AvgIpc) is 2.63. The van der Waals surface area contributed by atoms with E-state index in [0.717, 1.165) is 13.0 Å². The number of carbonyl (C=O) groups excluding carboxylic acids is 1. The Bertz CT molecular complexity index is 220. The second-order valence-electron chi connectivity index (χ2n) is 5.07. The van der Waals surface area contributed by atoms with E-state index < -0.39 is 0 Å². The van der Waals surface area contributed by atoms with Gasteiger partial charge >= 0.3 is 0 Å². The number of hydrogen-bond acceptors (Lipinski definition) is 1. The minimum Gasteiger partial charge on any atom is -0.340 e.